The molecule has 17 heavy (non-hydrogen) atoms. The number of benzene rings is 1. The molecule has 1 N–H and O–H groups in total. The lowest BCUT2D eigenvalue weighted by Crippen LogP contribution is -2.28. The summed E-state index contributed by atoms with van der Waals surface area (Å²) in [7, 11) is 0. The van der Waals surface area contributed by atoms with Crippen LogP contribution in [0.15, 0.2) is 24.3 Å². The summed E-state index contributed by atoms with van der Waals surface area (Å²) in [5.74, 6) is 3.02. The molecule has 1 aromatic rings. The predicted octanol–water partition coefficient (Wildman–Crippen LogP) is 3.69. The number of hydrogen-bond donors (Lipinski definition) is 1. The number of fused-ring (bicyclic) bond motifs is 1. The van der Waals surface area contributed by atoms with Crippen LogP contribution in [0.3, 0.4) is 0 Å². The van der Waals surface area contributed by atoms with E-state index in [1.807, 2.05) is 0 Å². The Bertz CT molecular complexity index is 388. The van der Waals surface area contributed by atoms with Crippen molar-refractivity contribution in [3.8, 4) is 0 Å². The van der Waals surface area contributed by atoms with E-state index in [1.165, 1.54) is 30.4 Å². The summed E-state index contributed by atoms with van der Waals surface area (Å²) in [5.41, 5.74) is 2.97. The predicted molar refractivity (Wildman–Crippen MR) is 71.9 cm³/mol. The van der Waals surface area contributed by atoms with Crippen LogP contribution in [0, 0.1) is 24.7 Å². The van der Waals surface area contributed by atoms with Crippen molar-refractivity contribution in [1.29, 1.82) is 0 Å². The maximum atomic E-state index is 3.72. The van der Waals surface area contributed by atoms with E-state index < -0.39 is 0 Å². The first-order valence-electron chi connectivity index (χ1n) is 7.08. The van der Waals surface area contributed by atoms with Crippen LogP contribution in [0.25, 0.3) is 0 Å². The topological polar surface area (TPSA) is 12.0 Å². The fraction of sp³-hybridized carbons (Fsp3) is 0.625. The quantitative estimate of drug-likeness (QED) is 0.830. The Morgan fingerprint density at radius 1 is 1.18 bits per heavy atom. The van der Waals surface area contributed by atoms with E-state index >= 15 is 0 Å². The zero-order valence-corrected chi connectivity index (χ0v) is 10.9. The van der Waals surface area contributed by atoms with Crippen LogP contribution in [-0.4, -0.2) is 6.54 Å². The molecule has 2 fully saturated rings. The van der Waals surface area contributed by atoms with Gasteiger partial charge in [-0.05, 0) is 61.6 Å². The lowest BCUT2D eigenvalue weighted by atomic mass is 9.87. The highest BCUT2D eigenvalue weighted by atomic mass is 14.9. The average molecular weight is 229 g/mol. The normalized spacial score (nSPS) is 32.2. The molecule has 3 unspecified atom stereocenters. The van der Waals surface area contributed by atoms with E-state index in [-0.39, 0.29) is 0 Å². The van der Waals surface area contributed by atoms with Crippen molar-refractivity contribution in [2.24, 2.45) is 17.8 Å². The molecule has 2 saturated carbocycles. The van der Waals surface area contributed by atoms with Gasteiger partial charge in [-0.2, -0.15) is 0 Å². The standard InChI is InChI=1S/C16H23N/c1-3-17-16(14-9-12-8-13(12)10-14)15-7-5-4-6-11(15)2/h4-7,12-14,16-17H,3,8-10H2,1-2H3. The summed E-state index contributed by atoms with van der Waals surface area (Å²) in [6, 6.07) is 9.48. The summed E-state index contributed by atoms with van der Waals surface area (Å²) >= 11 is 0. The van der Waals surface area contributed by atoms with Crippen molar-refractivity contribution in [2.45, 2.75) is 39.2 Å². The molecule has 0 spiro atoms. The molecule has 0 bridgehead atoms. The Labute approximate surface area is 105 Å². The maximum Gasteiger partial charge on any atom is 0.0351 e. The first-order valence-corrected chi connectivity index (χ1v) is 7.08. The Morgan fingerprint density at radius 3 is 2.53 bits per heavy atom. The number of aryl methyl sites for hydroxylation is 1. The fourth-order valence-electron chi connectivity index (χ4n) is 3.72. The van der Waals surface area contributed by atoms with Crippen LogP contribution in [0.4, 0.5) is 0 Å². The van der Waals surface area contributed by atoms with Crippen molar-refractivity contribution in [3.63, 3.8) is 0 Å². The van der Waals surface area contributed by atoms with Crippen LogP contribution in [-0.2, 0) is 0 Å². The van der Waals surface area contributed by atoms with Crippen molar-refractivity contribution in [2.75, 3.05) is 6.54 Å². The molecule has 0 aromatic heterocycles. The van der Waals surface area contributed by atoms with Crippen molar-refractivity contribution in [1.82, 2.24) is 5.32 Å². The lowest BCUT2D eigenvalue weighted by molar-refractivity contribution is 0.345. The van der Waals surface area contributed by atoms with E-state index in [9.17, 15) is 0 Å². The zero-order valence-electron chi connectivity index (χ0n) is 10.9. The minimum Gasteiger partial charge on any atom is -0.310 e. The molecule has 3 rings (SSSR count). The van der Waals surface area contributed by atoms with Gasteiger partial charge in [0, 0.05) is 6.04 Å². The van der Waals surface area contributed by atoms with Gasteiger partial charge in [-0.25, -0.2) is 0 Å². The van der Waals surface area contributed by atoms with Crippen LogP contribution in [0.5, 0.6) is 0 Å². The highest BCUT2D eigenvalue weighted by Crippen LogP contribution is 2.57. The molecule has 0 radical (unpaired) electrons. The van der Waals surface area contributed by atoms with Gasteiger partial charge in [-0.1, -0.05) is 31.2 Å². The monoisotopic (exact) mass is 229 g/mol. The van der Waals surface area contributed by atoms with Gasteiger partial charge in [0.25, 0.3) is 0 Å². The summed E-state index contributed by atoms with van der Waals surface area (Å²) in [5, 5.41) is 3.72. The largest absolute Gasteiger partial charge is 0.310 e. The van der Waals surface area contributed by atoms with Crippen molar-refractivity contribution >= 4 is 0 Å². The van der Waals surface area contributed by atoms with Crippen LogP contribution < -0.4 is 5.32 Å². The zero-order chi connectivity index (χ0) is 11.8. The maximum absolute atomic E-state index is 3.72. The molecule has 0 saturated heterocycles. The second-order valence-electron chi connectivity index (χ2n) is 5.88. The smallest absolute Gasteiger partial charge is 0.0351 e. The second-order valence-corrected chi connectivity index (χ2v) is 5.88. The molecule has 92 valence electrons. The van der Waals surface area contributed by atoms with Gasteiger partial charge < -0.3 is 5.32 Å². The molecule has 1 heteroatoms. The fourth-order valence-corrected chi connectivity index (χ4v) is 3.72. The van der Waals surface area contributed by atoms with Gasteiger partial charge in [-0.3, -0.25) is 0 Å². The third kappa shape index (κ3) is 2.13. The number of rotatable bonds is 4. The summed E-state index contributed by atoms with van der Waals surface area (Å²) < 4.78 is 0. The van der Waals surface area contributed by atoms with Crippen LogP contribution in [0.2, 0.25) is 0 Å². The van der Waals surface area contributed by atoms with Crippen molar-refractivity contribution in [3.05, 3.63) is 35.4 Å². The molecule has 3 atom stereocenters. The molecule has 0 heterocycles. The molecule has 1 aromatic carbocycles. The second kappa shape index (κ2) is 4.45. The van der Waals surface area contributed by atoms with Gasteiger partial charge in [-0.15, -0.1) is 0 Å². The SMILES string of the molecule is CCNC(c1ccccc1C)C1CC2CC2C1. The Hall–Kier alpha value is -0.820. The summed E-state index contributed by atoms with van der Waals surface area (Å²) in [6.07, 6.45) is 4.43. The van der Waals surface area contributed by atoms with Crippen LogP contribution in [0.1, 0.15) is 43.4 Å². The average Bonchev–Trinajstić information content (AvgIpc) is 2.95. The lowest BCUT2D eigenvalue weighted by Gasteiger charge is -2.27. The third-order valence-corrected chi connectivity index (χ3v) is 4.70. The molecule has 2 aliphatic carbocycles. The Morgan fingerprint density at radius 2 is 1.88 bits per heavy atom. The van der Waals surface area contributed by atoms with E-state index in [0.29, 0.717) is 6.04 Å². The highest BCUT2D eigenvalue weighted by molar-refractivity contribution is 5.29. The van der Waals surface area contributed by atoms with E-state index in [1.54, 1.807) is 0 Å². The summed E-state index contributed by atoms with van der Waals surface area (Å²) in [4.78, 5) is 0. The number of nitrogens with one attached hydrogen (secondary N) is 1. The van der Waals surface area contributed by atoms with E-state index in [4.69, 9.17) is 0 Å². The molecule has 0 aliphatic heterocycles. The minimum atomic E-state index is 0.592. The first kappa shape index (κ1) is 11.3. The van der Waals surface area contributed by atoms with Gasteiger partial charge in [0.1, 0.15) is 0 Å². The molecular weight excluding hydrogens is 206 g/mol. The highest BCUT2D eigenvalue weighted by Gasteiger charge is 2.48. The molecule has 2 aliphatic rings. The number of hydrogen-bond acceptors (Lipinski definition) is 1. The Balaban J connectivity index is 1.81. The third-order valence-electron chi connectivity index (χ3n) is 4.70. The molecule has 1 nitrogen and oxygen atoms in total. The Kier molecular flexibility index (Phi) is 2.96. The minimum absolute atomic E-state index is 0.592. The van der Waals surface area contributed by atoms with E-state index in [0.717, 1.165) is 24.3 Å². The van der Waals surface area contributed by atoms with Gasteiger partial charge in [0.2, 0.25) is 0 Å². The van der Waals surface area contributed by atoms with Gasteiger partial charge in [0.15, 0.2) is 0 Å². The van der Waals surface area contributed by atoms with Crippen molar-refractivity contribution < 1.29 is 0 Å². The molecular formula is C16H23N. The van der Waals surface area contributed by atoms with Gasteiger partial charge >= 0.3 is 0 Å². The van der Waals surface area contributed by atoms with Crippen LogP contribution >= 0.6 is 0 Å². The molecule has 0 amide bonds. The first-order chi connectivity index (χ1) is 8.29. The van der Waals surface area contributed by atoms with E-state index in [2.05, 4.69) is 43.4 Å². The summed E-state index contributed by atoms with van der Waals surface area (Å²) in [6.45, 7) is 5.54. The van der Waals surface area contributed by atoms with Gasteiger partial charge in [0.05, 0.1) is 0 Å².